The number of aryl methyl sites for hydroxylation is 1. The molecule has 1 fully saturated rings. The number of rotatable bonds is 4. The van der Waals surface area contributed by atoms with Gasteiger partial charge >= 0.3 is 0 Å². The Labute approximate surface area is 126 Å². The maximum absolute atomic E-state index is 4.75. The highest BCUT2D eigenvalue weighted by Crippen LogP contribution is 2.21. The Kier molecular flexibility index (Phi) is 4.04. The fraction of sp³-hybridized carbons (Fsp3) is 0.412. The summed E-state index contributed by atoms with van der Waals surface area (Å²) in [6, 6.07) is 12.5. The average Bonchev–Trinajstić information content (AvgIpc) is 3.02. The molecule has 0 amide bonds. The van der Waals surface area contributed by atoms with Crippen LogP contribution in [-0.2, 0) is 6.54 Å². The normalized spacial score (nSPS) is 14.5. The monoisotopic (exact) mass is 282 g/mol. The fourth-order valence-electron chi connectivity index (χ4n) is 2.73. The molecule has 0 saturated carbocycles. The second-order valence-corrected chi connectivity index (χ2v) is 5.70. The van der Waals surface area contributed by atoms with Gasteiger partial charge in [-0.15, -0.1) is 0 Å². The van der Waals surface area contributed by atoms with Crippen LogP contribution in [0.5, 0.6) is 0 Å². The summed E-state index contributed by atoms with van der Waals surface area (Å²) in [5.41, 5.74) is 2.32. The first-order chi connectivity index (χ1) is 10.2. The van der Waals surface area contributed by atoms with Crippen LogP contribution in [0.1, 0.15) is 24.1 Å². The predicted octanol–water partition coefficient (Wildman–Crippen LogP) is 3.02. The van der Waals surface area contributed by atoms with Gasteiger partial charge in [-0.2, -0.15) is 4.98 Å². The minimum Gasteiger partial charge on any atom is -0.355 e. The minimum absolute atomic E-state index is 0.858. The molecule has 0 aliphatic carbocycles. The second-order valence-electron chi connectivity index (χ2n) is 5.70. The van der Waals surface area contributed by atoms with Crippen molar-refractivity contribution < 1.29 is 0 Å². The molecular weight excluding hydrogens is 260 g/mol. The van der Waals surface area contributed by atoms with Gasteiger partial charge in [-0.25, -0.2) is 4.98 Å². The molecule has 0 bridgehead atoms. The lowest BCUT2D eigenvalue weighted by Crippen LogP contribution is -2.23. The van der Waals surface area contributed by atoms with E-state index in [1.54, 1.807) is 0 Å². The Hall–Kier alpha value is -2.10. The molecule has 4 nitrogen and oxygen atoms in total. The second kappa shape index (κ2) is 6.12. The van der Waals surface area contributed by atoms with Crippen molar-refractivity contribution in [2.75, 3.05) is 29.9 Å². The number of anilines is 2. The average molecular weight is 282 g/mol. The zero-order valence-corrected chi connectivity index (χ0v) is 12.8. The Balaban J connectivity index is 1.80. The third kappa shape index (κ3) is 3.32. The first-order valence-corrected chi connectivity index (χ1v) is 7.58. The van der Waals surface area contributed by atoms with Gasteiger partial charge in [0.15, 0.2) is 0 Å². The van der Waals surface area contributed by atoms with Gasteiger partial charge in [0.1, 0.15) is 5.82 Å². The van der Waals surface area contributed by atoms with Crippen LogP contribution in [0.15, 0.2) is 36.4 Å². The molecule has 1 aliphatic heterocycles. The summed E-state index contributed by atoms with van der Waals surface area (Å²) in [5, 5.41) is 0. The molecule has 0 radical (unpaired) electrons. The topological polar surface area (TPSA) is 32.3 Å². The molecule has 1 aromatic carbocycles. The van der Waals surface area contributed by atoms with E-state index in [0.717, 1.165) is 37.1 Å². The molecule has 2 aromatic rings. The van der Waals surface area contributed by atoms with E-state index in [4.69, 9.17) is 4.98 Å². The first kappa shape index (κ1) is 13.9. The van der Waals surface area contributed by atoms with E-state index in [1.807, 2.05) is 13.0 Å². The smallest absolute Gasteiger partial charge is 0.227 e. The Morgan fingerprint density at radius 2 is 1.81 bits per heavy atom. The van der Waals surface area contributed by atoms with Gasteiger partial charge < -0.3 is 9.80 Å². The molecule has 0 spiro atoms. The van der Waals surface area contributed by atoms with E-state index in [2.05, 4.69) is 52.2 Å². The quantitative estimate of drug-likeness (QED) is 0.863. The van der Waals surface area contributed by atoms with Crippen LogP contribution in [-0.4, -0.2) is 30.1 Å². The maximum Gasteiger partial charge on any atom is 0.227 e. The van der Waals surface area contributed by atoms with Gasteiger partial charge in [0.05, 0.1) is 0 Å². The van der Waals surface area contributed by atoms with Crippen molar-refractivity contribution in [2.24, 2.45) is 0 Å². The summed E-state index contributed by atoms with van der Waals surface area (Å²) in [7, 11) is 2.09. The van der Waals surface area contributed by atoms with E-state index < -0.39 is 0 Å². The molecule has 21 heavy (non-hydrogen) atoms. The van der Waals surface area contributed by atoms with E-state index in [-0.39, 0.29) is 0 Å². The summed E-state index contributed by atoms with van der Waals surface area (Å²) in [6.07, 6.45) is 2.49. The molecule has 3 rings (SSSR count). The van der Waals surface area contributed by atoms with E-state index in [1.165, 1.54) is 18.4 Å². The van der Waals surface area contributed by atoms with Crippen molar-refractivity contribution in [3.63, 3.8) is 0 Å². The summed E-state index contributed by atoms with van der Waals surface area (Å²) in [6.45, 7) is 5.05. The molecule has 0 unspecified atom stereocenters. The summed E-state index contributed by atoms with van der Waals surface area (Å²) >= 11 is 0. The van der Waals surface area contributed by atoms with Crippen molar-refractivity contribution >= 4 is 11.8 Å². The third-order valence-corrected chi connectivity index (χ3v) is 3.87. The standard InChI is InChI=1S/C17H22N4/c1-14-12-16(19-17(18-14)21-10-6-7-11-21)20(2)13-15-8-4-3-5-9-15/h3-5,8-9,12H,6-7,10-11,13H2,1-2H3. The third-order valence-electron chi connectivity index (χ3n) is 3.87. The molecule has 1 aliphatic rings. The van der Waals surface area contributed by atoms with Gasteiger partial charge in [-0.1, -0.05) is 30.3 Å². The molecule has 1 aromatic heterocycles. The van der Waals surface area contributed by atoms with Gasteiger partial charge in [0, 0.05) is 38.4 Å². The van der Waals surface area contributed by atoms with Crippen molar-refractivity contribution in [3.05, 3.63) is 47.7 Å². The first-order valence-electron chi connectivity index (χ1n) is 7.58. The molecule has 0 N–H and O–H groups in total. The highest BCUT2D eigenvalue weighted by atomic mass is 15.3. The molecule has 4 heteroatoms. The van der Waals surface area contributed by atoms with Crippen LogP contribution in [0.3, 0.4) is 0 Å². The van der Waals surface area contributed by atoms with Crippen LogP contribution in [0.25, 0.3) is 0 Å². The Morgan fingerprint density at radius 1 is 1.10 bits per heavy atom. The fourth-order valence-corrected chi connectivity index (χ4v) is 2.73. The molecular formula is C17H22N4. The molecule has 0 atom stereocenters. The maximum atomic E-state index is 4.75. The lowest BCUT2D eigenvalue weighted by molar-refractivity contribution is 0.850. The number of hydrogen-bond acceptors (Lipinski definition) is 4. The zero-order chi connectivity index (χ0) is 14.7. The van der Waals surface area contributed by atoms with E-state index >= 15 is 0 Å². The largest absolute Gasteiger partial charge is 0.355 e. The molecule has 2 heterocycles. The molecule has 110 valence electrons. The van der Waals surface area contributed by atoms with Crippen LogP contribution in [0, 0.1) is 6.92 Å². The lowest BCUT2D eigenvalue weighted by atomic mass is 10.2. The van der Waals surface area contributed by atoms with Crippen molar-refractivity contribution in [2.45, 2.75) is 26.3 Å². The van der Waals surface area contributed by atoms with Gasteiger partial charge in [-0.05, 0) is 25.3 Å². The van der Waals surface area contributed by atoms with Crippen molar-refractivity contribution in [1.82, 2.24) is 9.97 Å². The minimum atomic E-state index is 0.858. The summed E-state index contributed by atoms with van der Waals surface area (Å²) in [5.74, 6) is 1.87. The Morgan fingerprint density at radius 3 is 2.52 bits per heavy atom. The molecule has 1 saturated heterocycles. The van der Waals surface area contributed by atoms with Crippen LogP contribution < -0.4 is 9.80 Å². The van der Waals surface area contributed by atoms with E-state index in [0.29, 0.717) is 0 Å². The van der Waals surface area contributed by atoms with Gasteiger partial charge in [0.2, 0.25) is 5.95 Å². The number of nitrogens with zero attached hydrogens (tertiary/aromatic N) is 4. The SMILES string of the molecule is Cc1cc(N(C)Cc2ccccc2)nc(N2CCCC2)n1. The zero-order valence-electron chi connectivity index (χ0n) is 12.8. The predicted molar refractivity (Wildman–Crippen MR) is 86.8 cm³/mol. The van der Waals surface area contributed by atoms with Crippen LogP contribution >= 0.6 is 0 Å². The van der Waals surface area contributed by atoms with Crippen molar-refractivity contribution in [3.8, 4) is 0 Å². The number of benzene rings is 1. The summed E-state index contributed by atoms with van der Waals surface area (Å²) in [4.78, 5) is 13.8. The Bertz CT molecular complexity index is 591. The highest BCUT2D eigenvalue weighted by Gasteiger charge is 2.16. The number of aromatic nitrogens is 2. The van der Waals surface area contributed by atoms with E-state index in [9.17, 15) is 0 Å². The van der Waals surface area contributed by atoms with Gasteiger partial charge in [-0.3, -0.25) is 0 Å². The number of hydrogen-bond donors (Lipinski definition) is 0. The highest BCUT2D eigenvalue weighted by molar-refractivity contribution is 5.46. The summed E-state index contributed by atoms with van der Waals surface area (Å²) < 4.78 is 0. The lowest BCUT2D eigenvalue weighted by Gasteiger charge is -2.22. The van der Waals surface area contributed by atoms with Gasteiger partial charge in [0.25, 0.3) is 0 Å². The van der Waals surface area contributed by atoms with Crippen LogP contribution in [0.4, 0.5) is 11.8 Å². The van der Waals surface area contributed by atoms with Crippen LogP contribution in [0.2, 0.25) is 0 Å². The van der Waals surface area contributed by atoms with Crippen molar-refractivity contribution in [1.29, 1.82) is 0 Å².